The number of nitrogens with two attached hydrogens (primary N) is 1. The van der Waals surface area contributed by atoms with Crippen LogP contribution in [-0.4, -0.2) is 27.9 Å². The maximum Gasteiger partial charge on any atom is 0.260 e. The third-order valence-corrected chi connectivity index (χ3v) is 4.86. The largest absolute Gasteiger partial charge is 0.744 e. The number of imidazole rings is 1. The van der Waals surface area contributed by atoms with Gasteiger partial charge in [0.15, 0.2) is 5.52 Å². The molecule has 4 aromatic rings. The molecule has 9 heteroatoms. The van der Waals surface area contributed by atoms with E-state index in [4.69, 9.17) is 5.73 Å². The fraction of sp³-hybridized carbons (Fsp3) is 0.105. The van der Waals surface area contributed by atoms with Crippen LogP contribution in [-0.2, 0) is 16.7 Å². The number of aromatic amines is 1. The number of aryl methyl sites for hydroxylation is 1. The molecule has 28 heavy (non-hydrogen) atoms. The van der Waals surface area contributed by atoms with Crippen molar-refractivity contribution in [2.45, 2.75) is 18.4 Å². The van der Waals surface area contributed by atoms with Crippen LogP contribution in [0.2, 0.25) is 0 Å². The summed E-state index contributed by atoms with van der Waals surface area (Å²) in [6, 6.07) is 15.9. The highest BCUT2D eigenvalue weighted by Crippen LogP contribution is 2.10. The molecule has 2 aromatic carbocycles. The summed E-state index contributed by atoms with van der Waals surface area (Å²) in [5.41, 5.74) is 9.60. The number of nitrogens with zero attached hydrogens (tertiary/aromatic N) is 3. The minimum atomic E-state index is -4.27. The lowest BCUT2D eigenvalue weighted by Crippen LogP contribution is -2.38. The minimum absolute atomic E-state index is 0.178. The fourth-order valence-corrected chi connectivity index (χ4v) is 2.98. The second kappa shape index (κ2) is 8.15. The predicted molar refractivity (Wildman–Crippen MR) is 103 cm³/mol. The molecule has 0 unspecified atom stereocenters. The van der Waals surface area contributed by atoms with Crippen LogP contribution in [0.25, 0.3) is 11.2 Å². The number of hydrogen-bond donors (Lipinski definition) is 2. The Morgan fingerprint density at radius 3 is 2.39 bits per heavy atom. The Morgan fingerprint density at radius 2 is 1.75 bits per heavy atom. The Hall–Kier alpha value is -3.30. The number of rotatable bonds is 3. The first-order chi connectivity index (χ1) is 13.3. The summed E-state index contributed by atoms with van der Waals surface area (Å²) < 4.78 is 33.1. The molecule has 0 aliphatic carbocycles. The third-order valence-electron chi connectivity index (χ3n) is 4.01. The van der Waals surface area contributed by atoms with Crippen LogP contribution in [0, 0.1) is 6.92 Å². The van der Waals surface area contributed by atoms with Crippen LogP contribution >= 0.6 is 0 Å². The third kappa shape index (κ3) is 4.70. The van der Waals surface area contributed by atoms with Crippen molar-refractivity contribution in [1.29, 1.82) is 0 Å². The summed E-state index contributed by atoms with van der Waals surface area (Å²) in [7, 11) is -4.27. The van der Waals surface area contributed by atoms with Crippen LogP contribution < -0.4 is 10.3 Å². The molecule has 4 rings (SSSR count). The Balaban J connectivity index is 0.000000178. The Labute approximate surface area is 162 Å². The van der Waals surface area contributed by atoms with E-state index in [1.165, 1.54) is 17.7 Å². The topological polar surface area (TPSA) is 129 Å². The van der Waals surface area contributed by atoms with Gasteiger partial charge in [-0.25, -0.2) is 18.0 Å². The van der Waals surface area contributed by atoms with Crippen LogP contribution in [0.15, 0.2) is 72.1 Å². The van der Waals surface area contributed by atoms with E-state index in [-0.39, 0.29) is 4.90 Å². The van der Waals surface area contributed by atoms with Gasteiger partial charge in [-0.05, 0) is 24.6 Å². The number of nitrogens with one attached hydrogen (secondary N) is 1. The van der Waals surface area contributed by atoms with Crippen molar-refractivity contribution < 1.29 is 17.5 Å². The molecule has 0 amide bonds. The summed E-state index contributed by atoms with van der Waals surface area (Å²) in [4.78, 5) is 11.1. The highest BCUT2D eigenvalue weighted by atomic mass is 32.2. The van der Waals surface area contributed by atoms with Crippen molar-refractivity contribution in [2.24, 2.45) is 0 Å². The number of fused-ring (bicyclic) bond motifs is 1. The zero-order chi connectivity index (χ0) is 20.1. The quantitative estimate of drug-likeness (QED) is 0.400. The second-order valence-corrected chi connectivity index (χ2v) is 7.49. The molecule has 0 radical (unpaired) electrons. The minimum Gasteiger partial charge on any atom is -0.744 e. The van der Waals surface area contributed by atoms with Crippen molar-refractivity contribution in [3.8, 4) is 0 Å². The molecule has 144 valence electrons. The first-order valence-corrected chi connectivity index (χ1v) is 9.79. The van der Waals surface area contributed by atoms with Gasteiger partial charge < -0.3 is 15.3 Å². The van der Waals surface area contributed by atoms with Crippen LogP contribution in [0.4, 0.5) is 5.82 Å². The molecule has 3 N–H and O–H groups in total. The van der Waals surface area contributed by atoms with Crippen LogP contribution in [0.5, 0.6) is 0 Å². The average Bonchev–Trinajstić information content (AvgIpc) is 3.15. The first-order valence-electron chi connectivity index (χ1n) is 8.38. The standard InChI is InChI=1S/C12H11N5.C7H8O3S/c13-11-10-12(15-7-14-10)16-8-17(11)6-9-4-2-1-3-5-9;1-6-2-4-7(5-3-6)11(8,9)10/h1-5,7-8H,6H2,(H2,13,14,15);2-5H,1H3,(H,8,9,10). The smallest absolute Gasteiger partial charge is 0.260 e. The van der Waals surface area contributed by atoms with Crippen LogP contribution in [0.1, 0.15) is 11.1 Å². The summed E-state index contributed by atoms with van der Waals surface area (Å²) in [6.07, 6.45) is 3.31. The van der Waals surface area contributed by atoms with Gasteiger partial charge in [-0.15, -0.1) is 0 Å². The van der Waals surface area contributed by atoms with E-state index in [0.717, 1.165) is 11.1 Å². The van der Waals surface area contributed by atoms with Gasteiger partial charge in [-0.1, -0.05) is 53.0 Å². The Bertz CT molecular complexity index is 1170. The normalized spacial score (nSPS) is 11.1. The number of hydrogen-bond acceptors (Lipinski definition) is 6. The monoisotopic (exact) mass is 397 g/mol. The number of H-pyrrole nitrogens is 1. The van der Waals surface area contributed by atoms with Gasteiger partial charge in [0.1, 0.15) is 10.1 Å². The zero-order valence-electron chi connectivity index (χ0n) is 15.1. The second-order valence-electron chi connectivity index (χ2n) is 6.11. The summed E-state index contributed by atoms with van der Waals surface area (Å²) in [6.45, 7) is 2.52. The maximum atomic E-state index is 10.4. The number of anilines is 1. The Kier molecular flexibility index (Phi) is 5.67. The molecular formula is C19H19N5O3S. The van der Waals surface area contributed by atoms with Crippen molar-refractivity contribution in [2.75, 3.05) is 5.73 Å². The molecule has 0 saturated heterocycles. The fourth-order valence-electron chi connectivity index (χ4n) is 2.51. The molecular weight excluding hydrogens is 378 g/mol. The van der Waals surface area contributed by atoms with Crippen molar-refractivity contribution in [3.63, 3.8) is 0 Å². The predicted octanol–water partition coefficient (Wildman–Crippen LogP) is 1.78. The number of nitrogen functional groups attached to an aromatic ring is 1. The van der Waals surface area contributed by atoms with E-state index in [9.17, 15) is 13.0 Å². The summed E-state index contributed by atoms with van der Waals surface area (Å²) >= 11 is 0. The lowest BCUT2D eigenvalue weighted by Gasteiger charge is -2.05. The number of benzene rings is 2. The molecule has 8 nitrogen and oxygen atoms in total. The lowest BCUT2D eigenvalue weighted by atomic mass is 10.2. The van der Waals surface area contributed by atoms with E-state index in [1.54, 1.807) is 24.8 Å². The van der Waals surface area contributed by atoms with Gasteiger partial charge in [-0.2, -0.15) is 0 Å². The highest BCUT2D eigenvalue weighted by Gasteiger charge is 2.12. The van der Waals surface area contributed by atoms with E-state index < -0.39 is 10.1 Å². The molecule has 0 aliphatic rings. The SMILES string of the molecule is Cc1ccc(S(=O)(=O)[O-])cc1.Nc1c2[nH]cnc2nc[n+]1Cc1ccccc1. The molecule has 0 aliphatic heterocycles. The molecule has 0 spiro atoms. The molecule has 0 saturated carbocycles. The van der Waals surface area contributed by atoms with Gasteiger partial charge in [-0.3, -0.25) is 0 Å². The van der Waals surface area contributed by atoms with Crippen molar-refractivity contribution >= 4 is 27.1 Å². The lowest BCUT2D eigenvalue weighted by molar-refractivity contribution is -0.675. The van der Waals surface area contributed by atoms with Crippen molar-refractivity contribution in [3.05, 3.63) is 78.4 Å². The summed E-state index contributed by atoms with van der Waals surface area (Å²) in [5.74, 6) is 0.649. The van der Waals surface area contributed by atoms with E-state index >= 15 is 0 Å². The highest BCUT2D eigenvalue weighted by molar-refractivity contribution is 7.85. The Morgan fingerprint density at radius 1 is 1.07 bits per heavy atom. The molecule has 0 atom stereocenters. The van der Waals surface area contributed by atoms with Gasteiger partial charge in [0.25, 0.3) is 5.65 Å². The molecule has 2 heterocycles. The van der Waals surface area contributed by atoms with Crippen LogP contribution in [0.3, 0.4) is 0 Å². The van der Waals surface area contributed by atoms with Gasteiger partial charge in [0.05, 0.1) is 17.8 Å². The first kappa shape index (κ1) is 19.5. The molecule has 0 fully saturated rings. The van der Waals surface area contributed by atoms with E-state index in [0.29, 0.717) is 18.0 Å². The molecule has 0 bridgehead atoms. The molecule has 2 aromatic heterocycles. The average molecular weight is 397 g/mol. The van der Waals surface area contributed by atoms with Gasteiger partial charge in [0, 0.05) is 0 Å². The van der Waals surface area contributed by atoms with Gasteiger partial charge >= 0.3 is 0 Å². The van der Waals surface area contributed by atoms with Gasteiger partial charge in [0.2, 0.25) is 12.1 Å². The summed E-state index contributed by atoms with van der Waals surface area (Å²) in [5, 5.41) is 0. The van der Waals surface area contributed by atoms with E-state index in [1.807, 2.05) is 29.7 Å². The van der Waals surface area contributed by atoms with E-state index in [2.05, 4.69) is 27.1 Å². The maximum absolute atomic E-state index is 10.4. The van der Waals surface area contributed by atoms with Crippen molar-refractivity contribution in [1.82, 2.24) is 15.0 Å². The number of aromatic nitrogens is 4. The zero-order valence-corrected chi connectivity index (χ0v) is 15.9.